The van der Waals surface area contributed by atoms with Crippen LogP contribution in [0.1, 0.15) is 35.2 Å². The molecular formula is C22H26F2N4O4S. The molecule has 0 spiro atoms. The van der Waals surface area contributed by atoms with Gasteiger partial charge in [0.25, 0.3) is 5.91 Å². The normalized spacial score (nSPS) is 19.3. The molecule has 0 saturated carbocycles. The van der Waals surface area contributed by atoms with E-state index in [1.54, 1.807) is 17.9 Å². The minimum Gasteiger partial charge on any atom is -0.486 e. The number of rotatable bonds is 4. The van der Waals surface area contributed by atoms with E-state index in [-0.39, 0.29) is 24.4 Å². The summed E-state index contributed by atoms with van der Waals surface area (Å²) in [5, 5.41) is 2.82. The third-order valence-corrected chi connectivity index (χ3v) is 6.75. The number of benzene rings is 1. The number of fused-ring (bicyclic) bond motifs is 1. The molecule has 1 aromatic heterocycles. The molecule has 1 atom stereocenters. The van der Waals surface area contributed by atoms with Crippen LogP contribution in [-0.2, 0) is 9.73 Å². The summed E-state index contributed by atoms with van der Waals surface area (Å²) in [7, 11) is -3.06. The molecule has 2 aromatic rings. The number of carbonyl (C=O) groups is 1. The third-order valence-electron chi connectivity index (χ3n) is 5.73. The van der Waals surface area contributed by atoms with Gasteiger partial charge in [-0.25, -0.2) is 22.8 Å². The van der Waals surface area contributed by atoms with E-state index in [1.807, 2.05) is 0 Å². The quantitative estimate of drug-likeness (QED) is 0.684. The number of aromatic nitrogens is 1. The summed E-state index contributed by atoms with van der Waals surface area (Å²) >= 11 is 0. The van der Waals surface area contributed by atoms with Crippen molar-refractivity contribution < 1.29 is 27.3 Å². The van der Waals surface area contributed by atoms with Crippen LogP contribution < -0.4 is 19.7 Å². The van der Waals surface area contributed by atoms with Crippen molar-refractivity contribution in [1.29, 1.82) is 4.78 Å². The Hall–Kier alpha value is -2.95. The summed E-state index contributed by atoms with van der Waals surface area (Å²) in [5.41, 5.74) is 1.67. The lowest BCUT2D eigenvalue weighted by atomic mass is 10.0. The average molecular weight is 481 g/mol. The minimum absolute atomic E-state index is 0.0502. The first-order valence-electron chi connectivity index (χ1n) is 10.6. The smallest absolute Gasteiger partial charge is 0.258 e. The van der Waals surface area contributed by atoms with E-state index < -0.39 is 21.6 Å². The topological polar surface area (TPSA) is 105 Å². The van der Waals surface area contributed by atoms with Crippen LogP contribution in [0.4, 0.5) is 20.2 Å². The van der Waals surface area contributed by atoms with E-state index >= 15 is 0 Å². The molecule has 1 unspecified atom stereocenters. The Kier molecular flexibility index (Phi) is 6.17. The van der Waals surface area contributed by atoms with Crippen LogP contribution in [0.3, 0.4) is 0 Å². The summed E-state index contributed by atoms with van der Waals surface area (Å²) in [5.74, 6) is -2.28. The first kappa shape index (κ1) is 23.2. The summed E-state index contributed by atoms with van der Waals surface area (Å²) in [6.45, 7) is 2.91. The van der Waals surface area contributed by atoms with E-state index in [0.717, 1.165) is 0 Å². The zero-order chi connectivity index (χ0) is 23.8. The highest BCUT2D eigenvalue weighted by atomic mass is 32.2. The van der Waals surface area contributed by atoms with Crippen LogP contribution in [0.25, 0.3) is 0 Å². The van der Waals surface area contributed by atoms with Crippen LogP contribution in [-0.4, -0.2) is 53.6 Å². The molecule has 178 valence electrons. The number of carbonyl (C=O) groups excluding carboxylic acids is 1. The Labute approximate surface area is 191 Å². The molecule has 2 N–H and O–H groups in total. The maximum atomic E-state index is 14.0. The summed E-state index contributed by atoms with van der Waals surface area (Å²) < 4.78 is 59.2. The molecule has 2 aliphatic rings. The number of anilines is 2. The minimum atomic E-state index is -3.06. The van der Waals surface area contributed by atoms with Crippen LogP contribution in [0.2, 0.25) is 0 Å². The SMILES string of the molecule is Cc1c2c(cc(N3CCCC(F)(F)CC3)c1C(=O)Nc1ccnc(S(C)(=N)=O)c1)OCCO2. The maximum Gasteiger partial charge on any atom is 0.258 e. The summed E-state index contributed by atoms with van der Waals surface area (Å²) in [6, 6.07) is 4.61. The highest BCUT2D eigenvalue weighted by Crippen LogP contribution is 2.42. The van der Waals surface area contributed by atoms with Gasteiger partial charge in [-0.1, -0.05) is 0 Å². The number of amides is 1. The second kappa shape index (κ2) is 8.77. The fraction of sp³-hybridized carbons (Fsp3) is 0.455. The molecule has 1 amide bonds. The largest absolute Gasteiger partial charge is 0.486 e. The van der Waals surface area contributed by atoms with E-state index in [4.69, 9.17) is 14.3 Å². The van der Waals surface area contributed by atoms with Gasteiger partial charge in [0.1, 0.15) is 18.2 Å². The van der Waals surface area contributed by atoms with Crippen molar-refractivity contribution in [1.82, 2.24) is 4.98 Å². The van der Waals surface area contributed by atoms with Crippen molar-refractivity contribution in [2.45, 2.75) is 37.1 Å². The van der Waals surface area contributed by atoms with Gasteiger partial charge in [0.15, 0.2) is 11.5 Å². The van der Waals surface area contributed by atoms with E-state index in [1.165, 1.54) is 24.6 Å². The average Bonchev–Trinajstić information content (AvgIpc) is 2.93. The van der Waals surface area contributed by atoms with Gasteiger partial charge in [-0.05, 0) is 25.5 Å². The van der Waals surface area contributed by atoms with Gasteiger partial charge in [-0.2, -0.15) is 0 Å². The number of nitrogens with zero attached hydrogens (tertiary/aromatic N) is 2. The standard InChI is InChI=1S/C22H26F2N4O4S/c1-14-19(21(29)27-15-4-7-26-18(12-15)33(2,25)30)16(13-17-20(14)32-11-10-31-17)28-8-3-5-22(23,24)6-9-28/h4,7,12-13,25H,3,5-6,8-11H2,1-2H3,(H,26,27,29). The molecule has 8 nitrogen and oxygen atoms in total. The van der Waals surface area contributed by atoms with Crippen LogP contribution in [0.15, 0.2) is 29.4 Å². The number of halogens is 2. The number of alkyl halides is 2. The first-order chi connectivity index (χ1) is 15.5. The number of hydrogen-bond donors (Lipinski definition) is 2. The number of hydrogen-bond acceptors (Lipinski definition) is 7. The van der Waals surface area contributed by atoms with Crippen molar-refractivity contribution in [2.75, 3.05) is 42.8 Å². The van der Waals surface area contributed by atoms with Crippen molar-refractivity contribution in [3.05, 3.63) is 35.5 Å². The zero-order valence-electron chi connectivity index (χ0n) is 18.5. The number of ether oxygens (including phenoxy) is 2. The van der Waals surface area contributed by atoms with Gasteiger partial charge < -0.3 is 19.7 Å². The van der Waals surface area contributed by atoms with Crippen LogP contribution in [0, 0.1) is 11.7 Å². The molecule has 4 rings (SSSR count). The van der Waals surface area contributed by atoms with E-state index in [2.05, 4.69) is 10.3 Å². The lowest BCUT2D eigenvalue weighted by molar-refractivity contribution is -0.0102. The predicted octanol–water partition coefficient (Wildman–Crippen LogP) is 4.07. The molecule has 2 aliphatic heterocycles. The van der Waals surface area contributed by atoms with Crippen molar-refractivity contribution in [3.63, 3.8) is 0 Å². The van der Waals surface area contributed by atoms with Gasteiger partial charge >= 0.3 is 0 Å². The molecular weight excluding hydrogens is 454 g/mol. The second-order valence-corrected chi connectivity index (χ2v) is 10.4. The Morgan fingerprint density at radius 3 is 2.76 bits per heavy atom. The summed E-state index contributed by atoms with van der Waals surface area (Å²) in [6.07, 6.45) is 2.42. The lowest BCUT2D eigenvalue weighted by Gasteiger charge is -2.29. The molecule has 3 heterocycles. The fourth-order valence-corrected chi connectivity index (χ4v) is 4.68. The second-order valence-electron chi connectivity index (χ2n) is 8.30. The molecule has 1 fully saturated rings. The van der Waals surface area contributed by atoms with Gasteiger partial charge in [0.2, 0.25) is 5.92 Å². The van der Waals surface area contributed by atoms with Crippen molar-refractivity contribution >= 4 is 27.0 Å². The number of nitrogens with one attached hydrogen (secondary N) is 2. The van der Waals surface area contributed by atoms with Crippen LogP contribution in [0.5, 0.6) is 11.5 Å². The Morgan fingerprint density at radius 1 is 1.24 bits per heavy atom. The molecule has 0 aliphatic carbocycles. The highest BCUT2D eigenvalue weighted by molar-refractivity contribution is 7.91. The molecule has 0 radical (unpaired) electrons. The lowest BCUT2D eigenvalue weighted by Crippen LogP contribution is -2.30. The Morgan fingerprint density at radius 2 is 2.00 bits per heavy atom. The Bertz CT molecular complexity index is 1190. The van der Waals surface area contributed by atoms with Gasteiger partial charge in [0, 0.05) is 55.7 Å². The van der Waals surface area contributed by atoms with Crippen molar-refractivity contribution in [3.8, 4) is 11.5 Å². The molecule has 33 heavy (non-hydrogen) atoms. The number of pyridine rings is 1. The first-order valence-corrected chi connectivity index (χ1v) is 12.6. The molecule has 11 heteroatoms. The van der Waals surface area contributed by atoms with Crippen LogP contribution >= 0.6 is 0 Å². The van der Waals surface area contributed by atoms with E-state index in [9.17, 15) is 17.8 Å². The Balaban J connectivity index is 1.74. The molecule has 1 aromatic carbocycles. The molecule has 1 saturated heterocycles. The summed E-state index contributed by atoms with van der Waals surface area (Å²) in [4.78, 5) is 19.2. The van der Waals surface area contributed by atoms with Gasteiger partial charge in [0.05, 0.1) is 21.0 Å². The predicted molar refractivity (Wildman–Crippen MR) is 120 cm³/mol. The fourth-order valence-electron chi connectivity index (χ4n) is 4.07. The van der Waals surface area contributed by atoms with Gasteiger partial charge in [-0.3, -0.25) is 4.79 Å². The maximum absolute atomic E-state index is 14.0. The molecule has 0 bridgehead atoms. The van der Waals surface area contributed by atoms with Crippen molar-refractivity contribution in [2.24, 2.45) is 0 Å². The van der Waals surface area contributed by atoms with E-state index in [0.29, 0.717) is 60.2 Å². The monoisotopic (exact) mass is 480 g/mol. The highest BCUT2D eigenvalue weighted by Gasteiger charge is 2.34. The van der Waals surface area contributed by atoms with Gasteiger partial charge in [-0.15, -0.1) is 0 Å². The third kappa shape index (κ3) is 5.02. The zero-order valence-corrected chi connectivity index (χ0v) is 19.3.